The quantitative estimate of drug-likeness (QED) is 0.693. The number of nitrogens with one attached hydrogen (secondary N) is 1. The van der Waals surface area contributed by atoms with Gasteiger partial charge in [-0.1, -0.05) is 20.8 Å². The molecule has 1 saturated carbocycles. The Morgan fingerprint density at radius 3 is 2.41 bits per heavy atom. The normalized spacial score (nSPS) is 20.2. The molecule has 1 fully saturated rings. The van der Waals surface area contributed by atoms with Gasteiger partial charge in [-0.3, -0.25) is 0 Å². The maximum Gasteiger partial charge on any atom is 0.150 e. The number of rotatable bonds is 9. The molecule has 0 aromatic rings. The van der Waals surface area contributed by atoms with E-state index in [4.69, 9.17) is 0 Å². The van der Waals surface area contributed by atoms with Gasteiger partial charge in [0.15, 0.2) is 0 Å². The fourth-order valence-corrected chi connectivity index (χ4v) is 2.80. The highest BCUT2D eigenvalue weighted by atomic mass is 32.2. The Hall–Kier alpha value is -0.0900. The minimum absolute atomic E-state index is 0.256. The summed E-state index contributed by atoms with van der Waals surface area (Å²) in [5.74, 6) is 0.624. The molecule has 0 aliphatic heterocycles. The highest BCUT2D eigenvalue weighted by Crippen LogP contribution is 2.29. The smallest absolute Gasteiger partial charge is 0.150 e. The average molecular weight is 261 g/mol. The van der Waals surface area contributed by atoms with Crippen molar-refractivity contribution in [2.24, 2.45) is 5.41 Å². The highest BCUT2D eigenvalue weighted by molar-refractivity contribution is 7.91. The summed E-state index contributed by atoms with van der Waals surface area (Å²) >= 11 is 0. The topological polar surface area (TPSA) is 46.2 Å². The first-order chi connectivity index (χ1) is 7.91. The van der Waals surface area contributed by atoms with Gasteiger partial charge in [-0.2, -0.15) is 0 Å². The Labute approximate surface area is 106 Å². The van der Waals surface area contributed by atoms with Crippen molar-refractivity contribution in [2.75, 3.05) is 18.1 Å². The molecule has 0 aromatic heterocycles. The fourth-order valence-electron chi connectivity index (χ4n) is 1.93. The second kappa shape index (κ2) is 6.19. The summed E-state index contributed by atoms with van der Waals surface area (Å²) in [6, 6.07) is 0.736. The van der Waals surface area contributed by atoms with Crippen LogP contribution in [0.15, 0.2) is 0 Å². The summed E-state index contributed by atoms with van der Waals surface area (Å²) in [4.78, 5) is 0. The zero-order valence-electron chi connectivity index (χ0n) is 11.5. The predicted molar refractivity (Wildman–Crippen MR) is 73.0 cm³/mol. The van der Waals surface area contributed by atoms with Crippen molar-refractivity contribution in [2.45, 2.75) is 58.9 Å². The Bertz CT molecular complexity index is 322. The first-order valence-electron chi connectivity index (χ1n) is 6.84. The molecule has 3 nitrogen and oxygen atoms in total. The van der Waals surface area contributed by atoms with Gasteiger partial charge < -0.3 is 5.32 Å². The Balaban J connectivity index is 2.29. The molecule has 0 amide bonds. The molecule has 4 heteroatoms. The lowest BCUT2D eigenvalue weighted by atomic mass is 9.83. The molecule has 102 valence electrons. The number of hydrogen-bond acceptors (Lipinski definition) is 3. The molecule has 0 bridgehead atoms. The van der Waals surface area contributed by atoms with Crippen molar-refractivity contribution in [1.82, 2.24) is 5.32 Å². The van der Waals surface area contributed by atoms with Crippen molar-refractivity contribution < 1.29 is 8.42 Å². The third-order valence-electron chi connectivity index (χ3n) is 3.92. The monoisotopic (exact) mass is 261 g/mol. The van der Waals surface area contributed by atoms with Crippen LogP contribution in [-0.4, -0.2) is 32.5 Å². The SMILES string of the molecule is CCC(C)(CCCS(=O)(=O)CC)CNC1CC1. The predicted octanol–water partition coefficient (Wildman–Crippen LogP) is 2.37. The number of hydrogen-bond donors (Lipinski definition) is 1. The first kappa shape index (κ1) is 15.0. The van der Waals surface area contributed by atoms with Crippen LogP contribution < -0.4 is 5.32 Å². The van der Waals surface area contributed by atoms with E-state index in [1.165, 1.54) is 12.8 Å². The molecule has 1 rings (SSSR count). The van der Waals surface area contributed by atoms with E-state index in [-0.39, 0.29) is 11.2 Å². The van der Waals surface area contributed by atoms with Gasteiger partial charge in [0.05, 0.1) is 5.75 Å². The highest BCUT2D eigenvalue weighted by Gasteiger charge is 2.27. The van der Waals surface area contributed by atoms with Crippen molar-refractivity contribution in [3.05, 3.63) is 0 Å². The molecule has 1 aliphatic rings. The summed E-state index contributed by atoms with van der Waals surface area (Å²) in [5.41, 5.74) is 0.256. The van der Waals surface area contributed by atoms with E-state index in [1.54, 1.807) is 6.92 Å². The maximum absolute atomic E-state index is 11.4. The summed E-state index contributed by atoms with van der Waals surface area (Å²) in [6.45, 7) is 7.22. The van der Waals surface area contributed by atoms with Crippen LogP contribution in [0.4, 0.5) is 0 Å². The molecule has 0 spiro atoms. The Morgan fingerprint density at radius 1 is 1.29 bits per heavy atom. The summed E-state index contributed by atoms with van der Waals surface area (Å²) in [7, 11) is -2.79. The number of sulfone groups is 1. The van der Waals surface area contributed by atoms with Crippen LogP contribution in [0.1, 0.15) is 52.9 Å². The lowest BCUT2D eigenvalue weighted by Crippen LogP contribution is -2.33. The lowest BCUT2D eigenvalue weighted by molar-refractivity contribution is 0.266. The molecular weight excluding hydrogens is 234 g/mol. The van der Waals surface area contributed by atoms with Crippen LogP contribution in [0.25, 0.3) is 0 Å². The van der Waals surface area contributed by atoms with Crippen LogP contribution in [0, 0.1) is 5.41 Å². The van der Waals surface area contributed by atoms with Crippen molar-refractivity contribution in [1.29, 1.82) is 0 Å². The maximum atomic E-state index is 11.4. The molecule has 0 saturated heterocycles. The summed E-state index contributed by atoms with van der Waals surface area (Å²) in [6.07, 6.45) is 5.53. The van der Waals surface area contributed by atoms with E-state index >= 15 is 0 Å². The summed E-state index contributed by atoms with van der Waals surface area (Å²) in [5, 5.41) is 3.56. The molecule has 0 heterocycles. The van der Waals surface area contributed by atoms with Gasteiger partial charge in [0.2, 0.25) is 0 Å². The van der Waals surface area contributed by atoms with Crippen LogP contribution in [-0.2, 0) is 9.84 Å². The van der Waals surface area contributed by atoms with Crippen LogP contribution in [0.5, 0.6) is 0 Å². The minimum atomic E-state index is -2.79. The van der Waals surface area contributed by atoms with Crippen LogP contribution in [0.3, 0.4) is 0 Å². The van der Waals surface area contributed by atoms with Crippen LogP contribution in [0.2, 0.25) is 0 Å². The van der Waals surface area contributed by atoms with E-state index < -0.39 is 9.84 Å². The molecule has 1 unspecified atom stereocenters. The first-order valence-corrected chi connectivity index (χ1v) is 8.67. The van der Waals surface area contributed by atoms with Gasteiger partial charge in [-0.05, 0) is 37.5 Å². The van der Waals surface area contributed by atoms with E-state index in [0.717, 1.165) is 31.8 Å². The average Bonchev–Trinajstić information content (AvgIpc) is 3.10. The second-order valence-electron chi connectivity index (χ2n) is 5.66. The standard InChI is InChI=1S/C13H27NO2S/c1-4-13(3,11-14-12-7-8-12)9-6-10-17(15,16)5-2/h12,14H,4-11H2,1-3H3. The van der Waals surface area contributed by atoms with Crippen molar-refractivity contribution in [3.8, 4) is 0 Å². The molecule has 1 atom stereocenters. The molecule has 1 aliphatic carbocycles. The van der Waals surface area contributed by atoms with Gasteiger partial charge in [-0.15, -0.1) is 0 Å². The zero-order chi connectivity index (χ0) is 12.9. The van der Waals surface area contributed by atoms with E-state index in [2.05, 4.69) is 19.2 Å². The summed E-state index contributed by atoms with van der Waals surface area (Å²) < 4.78 is 22.9. The minimum Gasteiger partial charge on any atom is -0.313 e. The van der Waals surface area contributed by atoms with E-state index in [0.29, 0.717) is 5.75 Å². The third-order valence-corrected chi connectivity index (χ3v) is 5.71. The molecule has 17 heavy (non-hydrogen) atoms. The molecular formula is C13H27NO2S. The Kier molecular flexibility index (Phi) is 5.45. The molecule has 0 aromatic carbocycles. The van der Waals surface area contributed by atoms with Gasteiger partial charge in [0, 0.05) is 18.3 Å². The van der Waals surface area contributed by atoms with Crippen molar-refractivity contribution in [3.63, 3.8) is 0 Å². The molecule has 0 radical (unpaired) electrons. The van der Waals surface area contributed by atoms with E-state index in [9.17, 15) is 8.42 Å². The van der Waals surface area contributed by atoms with Gasteiger partial charge in [0.1, 0.15) is 9.84 Å². The zero-order valence-corrected chi connectivity index (χ0v) is 12.3. The van der Waals surface area contributed by atoms with Crippen LogP contribution >= 0.6 is 0 Å². The van der Waals surface area contributed by atoms with Gasteiger partial charge in [-0.25, -0.2) is 8.42 Å². The molecule has 1 N–H and O–H groups in total. The third kappa shape index (κ3) is 5.87. The second-order valence-corrected chi connectivity index (χ2v) is 8.13. The Morgan fingerprint density at radius 2 is 1.94 bits per heavy atom. The van der Waals surface area contributed by atoms with Crippen molar-refractivity contribution >= 4 is 9.84 Å². The van der Waals surface area contributed by atoms with Gasteiger partial charge in [0.25, 0.3) is 0 Å². The largest absolute Gasteiger partial charge is 0.313 e. The lowest BCUT2D eigenvalue weighted by Gasteiger charge is -2.28. The van der Waals surface area contributed by atoms with E-state index in [1.807, 2.05) is 0 Å². The fraction of sp³-hybridized carbons (Fsp3) is 1.00. The van der Waals surface area contributed by atoms with Gasteiger partial charge >= 0.3 is 0 Å².